The Kier molecular flexibility index (Phi) is 5.00. The fourth-order valence-corrected chi connectivity index (χ4v) is 3.53. The molecule has 2 amide bonds. The lowest BCUT2D eigenvalue weighted by Gasteiger charge is -2.15. The third-order valence-electron chi connectivity index (χ3n) is 3.34. The molecule has 1 saturated heterocycles. The fraction of sp³-hybridized carbons (Fsp3) is 0.400. The van der Waals surface area contributed by atoms with E-state index < -0.39 is 0 Å². The number of nitrogens with one attached hydrogen (secondary N) is 1. The Morgan fingerprint density at radius 1 is 1.43 bits per heavy atom. The van der Waals surface area contributed by atoms with Crippen LogP contribution in [0.2, 0.25) is 0 Å². The standard InChI is InChI=1S/C15H18N2O2S2/c1-9-4-5-10(2)12(8-9)16-13(18)6-7-17-14(19)11(3)21-15(17)20/h4-5,8,11H,6-7H2,1-3H3,(H,16,18). The van der Waals surface area contributed by atoms with E-state index in [1.807, 2.05) is 39.0 Å². The van der Waals surface area contributed by atoms with Gasteiger partial charge in [0.25, 0.3) is 0 Å². The lowest BCUT2D eigenvalue weighted by molar-refractivity contribution is -0.126. The molecule has 1 aliphatic rings. The number of aryl methyl sites for hydroxylation is 2. The van der Waals surface area contributed by atoms with Crippen molar-refractivity contribution in [1.29, 1.82) is 0 Å². The van der Waals surface area contributed by atoms with Crippen LogP contribution < -0.4 is 5.32 Å². The predicted molar refractivity (Wildman–Crippen MR) is 90.5 cm³/mol. The maximum absolute atomic E-state index is 12.0. The first-order valence-electron chi connectivity index (χ1n) is 6.77. The summed E-state index contributed by atoms with van der Waals surface area (Å²) in [7, 11) is 0. The molecule has 0 spiro atoms. The lowest BCUT2D eigenvalue weighted by atomic mass is 10.1. The number of benzene rings is 1. The number of thiocarbonyl (C=S) groups is 1. The van der Waals surface area contributed by atoms with E-state index in [2.05, 4.69) is 5.32 Å². The van der Waals surface area contributed by atoms with Crippen LogP contribution in [-0.4, -0.2) is 32.8 Å². The highest BCUT2D eigenvalue weighted by molar-refractivity contribution is 8.24. The molecule has 0 aliphatic carbocycles. The van der Waals surface area contributed by atoms with Gasteiger partial charge in [0, 0.05) is 18.7 Å². The third-order valence-corrected chi connectivity index (χ3v) is 4.83. The minimum absolute atomic E-state index is 0.00969. The number of carbonyl (C=O) groups is 2. The molecular weight excluding hydrogens is 304 g/mol. The van der Waals surface area contributed by atoms with Crippen LogP contribution in [0.15, 0.2) is 18.2 Å². The molecule has 1 aromatic carbocycles. The van der Waals surface area contributed by atoms with Gasteiger partial charge in [0.05, 0.1) is 5.25 Å². The molecule has 1 fully saturated rings. The Morgan fingerprint density at radius 3 is 2.76 bits per heavy atom. The summed E-state index contributed by atoms with van der Waals surface area (Å²) in [5.74, 6) is -0.117. The lowest BCUT2D eigenvalue weighted by Crippen LogP contribution is -2.33. The highest BCUT2D eigenvalue weighted by atomic mass is 32.2. The first-order chi connectivity index (χ1) is 9.88. The molecule has 0 radical (unpaired) electrons. The van der Waals surface area contributed by atoms with Crippen LogP contribution in [0.25, 0.3) is 0 Å². The second kappa shape index (κ2) is 6.58. The zero-order chi connectivity index (χ0) is 15.6. The van der Waals surface area contributed by atoms with Crippen LogP contribution in [-0.2, 0) is 9.59 Å². The van der Waals surface area contributed by atoms with Crippen molar-refractivity contribution in [2.24, 2.45) is 0 Å². The molecule has 112 valence electrons. The smallest absolute Gasteiger partial charge is 0.241 e. The second-order valence-corrected chi connectivity index (χ2v) is 7.11. The van der Waals surface area contributed by atoms with Gasteiger partial charge in [-0.15, -0.1) is 0 Å². The fourth-order valence-electron chi connectivity index (χ4n) is 2.07. The molecule has 0 saturated carbocycles. The number of amides is 2. The number of carbonyl (C=O) groups excluding carboxylic acids is 2. The molecule has 1 aromatic rings. The summed E-state index contributed by atoms with van der Waals surface area (Å²) in [4.78, 5) is 25.4. The molecular formula is C15H18N2O2S2. The first-order valence-corrected chi connectivity index (χ1v) is 8.06. The zero-order valence-electron chi connectivity index (χ0n) is 12.3. The van der Waals surface area contributed by atoms with Crippen molar-refractivity contribution in [3.63, 3.8) is 0 Å². The highest BCUT2D eigenvalue weighted by Gasteiger charge is 2.33. The number of thioether (sulfide) groups is 1. The van der Waals surface area contributed by atoms with E-state index in [0.717, 1.165) is 16.8 Å². The average molecular weight is 322 g/mol. The van der Waals surface area contributed by atoms with Crippen LogP contribution in [0, 0.1) is 13.8 Å². The summed E-state index contributed by atoms with van der Waals surface area (Å²) in [6, 6.07) is 5.92. The average Bonchev–Trinajstić information content (AvgIpc) is 2.66. The van der Waals surface area contributed by atoms with Gasteiger partial charge in [-0.25, -0.2) is 0 Å². The van der Waals surface area contributed by atoms with Gasteiger partial charge in [-0.2, -0.15) is 0 Å². The zero-order valence-corrected chi connectivity index (χ0v) is 13.9. The Morgan fingerprint density at radius 2 is 2.14 bits per heavy atom. The van der Waals surface area contributed by atoms with Gasteiger partial charge >= 0.3 is 0 Å². The Bertz CT molecular complexity index is 601. The van der Waals surface area contributed by atoms with Gasteiger partial charge in [-0.05, 0) is 38.0 Å². The van der Waals surface area contributed by atoms with E-state index in [9.17, 15) is 9.59 Å². The summed E-state index contributed by atoms with van der Waals surface area (Å²) in [6.07, 6.45) is 0.243. The highest BCUT2D eigenvalue weighted by Crippen LogP contribution is 2.26. The molecule has 1 aliphatic heterocycles. The molecule has 6 heteroatoms. The van der Waals surface area contributed by atoms with Crippen LogP contribution in [0.1, 0.15) is 24.5 Å². The normalized spacial score (nSPS) is 18.2. The van der Waals surface area contributed by atoms with Crippen molar-refractivity contribution in [3.8, 4) is 0 Å². The summed E-state index contributed by atoms with van der Waals surface area (Å²) in [6.45, 7) is 6.10. The summed E-state index contributed by atoms with van der Waals surface area (Å²) in [5.41, 5.74) is 2.93. The SMILES string of the molecule is Cc1ccc(C)c(NC(=O)CCN2C(=O)C(C)SC2=S)c1. The van der Waals surface area contributed by atoms with E-state index in [4.69, 9.17) is 12.2 Å². The van der Waals surface area contributed by atoms with Crippen molar-refractivity contribution in [2.45, 2.75) is 32.4 Å². The number of rotatable bonds is 4. The van der Waals surface area contributed by atoms with E-state index in [1.54, 1.807) is 0 Å². The van der Waals surface area contributed by atoms with Crippen molar-refractivity contribution < 1.29 is 9.59 Å². The predicted octanol–water partition coefficient (Wildman–Crippen LogP) is 2.88. The number of nitrogens with zero attached hydrogens (tertiary/aromatic N) is 1. The second-order valence-electron chi connectivity index (χ2n) is 5.13. The van der Waals surface area contributed by atoms with E-state index in [1.165, 1.54) is 16.7 Å². The summed E-state index contributed by atoms with van der Waals surface area (Å²) in [5, 5.41) is 2.75. The Labute approximate surface area is 134 Å². The molecule has 21 heavy (non-hydrogen) atoms. The van der Waals surface area contributed by atoms with Crippen molar-refractivity contribution in [3.05, 3.63) is 29.3 Å². The van der Waals surface area contributed by atoms with Crippen molar-refractivity contribution >= 4 is 45.8 Å². The number of hydrogen-bond donors (Lipinski definition) is 1. The first kappa shape index (κ1) is 16.0. The minimum Gasteiger partial charge on any atom is -0.326 e. The van der Waals surface area contributed by atoms with E-state index >= 15 is 0 Å². The Balaban J connectivity index is 1.92. The van der Waals surface area contributed by atoms with Crippen molar-refractivity contribution in [2.75, 3.05) is 11.9 Å². The molecule has 0 aromatic heterocycles. The van der Waals surface area contributed by atoms with Gasteiger partial charge in [0.2, 0.25) is 11.8 Å². The molecule has 1 unspecified atom stereocenters. The van der Waals surface area contributed by atoms with Gasteiger partial charge in [-0.1, -0.05) is 36.1 Å². The number of hydrogen-bond acceptors (Lipinski definition) is 4. The molecule has 2 rings (SSSR count). The maximum atomic E-state index is 12.0. The van der Waals surface area contributed by atoms with Crippen LogP contribution in [0.3, 0.4) is 0 Å². The van der Waals surface area contributed by atoms with Crippen LogP contribution in [0.4, 0.5) is 5.69 Å². The van der Waals surface area contributed by atoms with Gasteiger partial charge < -0.3 is 5.32 Å². The molecule has 1 N–H and O–H groups in total. The van der Waals surface area contributed by atoms with E-state index in [-0.39, 0.29) is 23.5 Å². The van der Waals surface area contributed by atoms with Crippen molar-refractivity contribution in [1.82, 2.24) is 4.90 Å². The topological polar surface area (TPSA) is 49.4 Å². The summed E-state index contributed by atoms with van der Waals surface area (Å²) < 4.78 is 0.562. The van der Waals surface area contributed by atoms with Gasteiger partial charge in [0.1, 0.15) is 4.32 Å². The molecule has 0 bridgehead atoms. The monoisotopic (exact) mass is 322 g/mol. The van der Waals surface area contributed by atoms with Crippen LogP contribution >= 0.6 is 24.0 Å². The maximum Gasteiger partial charge on any atom is 0.241 e. The van der Waals surface area contributed by atoms with Gasteiger partial charge in [-0.3, -0.25) is 14.5 Å². The Hall–Kier alpha value is -1.40. The molecule has 1 heterocycles. The molecule has 4 nitrogen and oxygen atoms in total. The van der Waals surface area contributed by atoms with Crippen LogP contribution in [0.5, 0.6) is 0 Å². The molecule has 1 atom stereocenters. The largest absolute Gasteiger partial charge is 0.326 e. The number of anilines is 1. The minimum atomic E-state index is -0.139. The third kappa shape index (κ3) is 3.83. The quantitative estimate of drug-likeness (QED) is 0.866. The van der Waals surface area contributed by atoms with Gasteiger partial charge in [0.15, 0.2) is 0 Å². The van der Waals surface area contributed by atoms with E-state index in [0.29, 0.717) is 10.9 Å². The summed E-state index contributed by atoms with van der Waals surface area (Å²) >= 11 is 6.52.